The van der Waals surface area contributed by atoms with Crippen molar-refractivity contribution >= 4 is 17.4 Å². The number of anilines is 2. The highest BCUT2D eigenvalue weighted by atomic mass is 16.2. The minimum Gasteiger partial charge on any atom is -0.367 e. The lowest BCUT2D eigenvalue weighted by molar-refractivity contribution is 0.0984. The molecule has 4 rings (SSSR count). The molecule has 0 spiro atoms. The molecule has 24 heavy (non-hydrogen) atoms. The molecule has 2 aromatic rings. The van der Waals surface area contributed by atoms with E-state index in [2.05, 4.69) is 21.4 Å². The Bertz CT molecular complexity index is 740. The Hall–Kier alpha value is -2.43. The molecule has 5 heteroatoms. The molecule has 1 N–H and O–H groups in total. The molecule has 124 valence electrons. The predicted molar refractivity (Wildman–Crippen MR) is 94.4 cm³/mol. The smallest absolute Gasteiger partial charge is 0.277 e. The molecule has 1 aromatic heterocycles. The highest BCUT2D eigenvalue weighted by Crippen LogP contribution is 2.29. The van der Waals surface area contributed by atoms with Crippen LogP contribution in [0.15, 0.2) is 36.7 Å². The minimum atomic E-state index is -0.0472. The second-order valence-corrected chi connectivity index (χ2v) is 6.60. The van der Waals surface area contributed by atoms with Gasteiger partial charge in [-0.05, 0) is 30.9 Å². The fourth-order valence-electron chi connectivity index (χ4n) is 3.70. The summed E-state index contributed by atoms with van der Waals surface area (Å²) in [5.74, 6) is 0.710. The SMILES string of the molecule is O=C(c1cc(NC2CCCCC2)ncn1)N1CCc2ccccc21. The van der Waals surface area contributed by atoms with Gasteiger partial charge in [-0.15, -0.1) is 0 Å². The molecule has 1 fully saturated rings. The van der Waals surface area contributed by atoms with E-state index in [1.807, 2.05) is 23.1 Å². The maximum atomic E-state index is 12.9. The quantitative estimate of drug-likeness (QED) is 0.940. The van der Waals surface area contributed by atoms with Gasteiger partial charge in [0.15, 0.2) is 0 Å². The summed E-state index contributed by atoms with van der Waals surface area (Å²) in [5.41, 5.74) is 2.68. The van der Waals surface area contributed by atoms with E-state index < -0.39 is 0 Å². The number of nitrogens with zero attached hydrogens (tertiary/aromatic N) is 3. The summed E-state index contributed by atoms with van der Waals surface area (Å²) in [5, 5.41) is 3.46. The summed E-state index contributed by atoms with van der Waals surface area (Å²) in [6.45, 7) is 0.716. The summed E-state index contributed by atoms with van der Waals surface area (Å²) in [6, 6.07) is 10.3. The molecule has 1 aliphatic heterocycles. The average Bonchev–Trinajstić information content (AvgIpc) is 3.06. The highest BCUT2D eigenvalue weighted by molar-refractivity contribution is 6.06. The first-order valence-corrected chi connectivity index (χ1v) is 8.79. The lowest BCUT2D eigenvalue weighted by Gasteiger charge is -2.23. The molecule has 0 atom stereocenters. The minimum absolute atomic E-state index is 0.0472. The molecular weight excluding hydrogens is 300 g/mol. The molecule has 2 aliphatic rings. The number of nitrogens with one attached hydrogen (secondary N) is 1. The van der Waals surface area contributed by atoms with Crippen LogP contribution in [0.25, 0.3) is 0 Å². The van der Waals surface area contributed by atoms with Gasteiger partial charge in [-0.25, -0.2) is 9.97 Å². The van der Waals surface area contributed by atoms with Crippen LogP contribution in [-0.2, 0) is 6.42 Å². The van der Waals surface area contributed by atoms with Crippen LogP contribution in [0.5, 0.6) is 0 Å². The molecule has 1 amide bonds. The summed E-state index contributed by atoms with van der Waals surface area (Å²) >= 11 is 0. The van der Waals surface area contributed by atoms with Crippen LogP contribution in [0.2, 0.25) is 0 Å². The Morgan fingerprint density at radius 1 is 1.12 bits per heavy atom. The average molecular weight is 322 g/mol. The fourth-order valence-corrected chi connectivity index (χ4v) is 3.70. The Labute approximate surface area is 142 Å². The van der Waals surface area contributed by atoms with Crippen LogP contribution in [0.4, 0.5) is 11.5 Å². The van der Waals surface area contributed by atoms with Crippen LogP contribution < -0.4 is 10.2 Å². The number of amides is 1. The Balaban J connectivity index is 1.52. The van der Waals surface area contributed by atoms with Crippen molar-refractivity contribution in [3.05, 3.63) is 47.9 Å². The van der Waals surface area contributed by atoms with Crippen molar-refractivity contribution in [2.75, 3.05) is 16.8 Å². The lowest BCUT2D eigenvalue weighted by Crippen LogP contribution is -2.30. The Morgan fingerprint density at radius 2 is 1.96 bits per heavy atom. The van der Waals surface area contributed by atoms with E-state index in [1.54, 1.807) is 6.07 Å². The topological polar surface area (TPSA) is 58.1 Å². The third-order valence-corrected chi connectivity index (χ3v) is 4.98. The molecule has 0 radical (unpaired) electrons. The largest absolute Gasteiger partial charge is 0.367 e. The van der Waals surface area contributed by atoms with Gasteiger partial charge in [0.2, 0.25) is 0 Å². The zero-order chi connectivity index (χ0) is 16.4. The fraction of sp³-hybridized carbons (Fsp3) is 0.421. The number of carbonyl (C=O) groups is 1. The third-order valence-electron chi connectivity index (χ3n) is 4.98. The van der Waals surface area contributed by atoms with E-state index in [0.29, 0.717) is 18.3 Å². The Kier molecular flexibility index (Phi) is 4.15. The van der Waals surface area contributed by atoms with Crippen molar-refractivity contribution < 1.29 is 4.79 Å². The van der Waals surface area contributed by atoms with E-state index in [-0.39, 0.29) is 5.91 Å². The molecule has 1 aromatic carbocycles. The zero-order valence-electron chi connectivity index (χ0n) is 13.7. The number of rotatable bonds is 3. The summed E-state index contributed by atoms with van der Waals surface area (Å²) in [6.07, 6.45) is 8.58. The van der Waals surface area contributed by atoms with Crippen molar-refractivity contribution in [2.45, 2.75) is 44.6 Å². The standard InChI is InChI=1S/C19H22N4O/c24-19(23-11-10-14-6-4-5-9-17(14)23)16-12-18(21-13-20-16)22-15-7-2-1-3-8-15/h4-6,9,12-13,15H,1-3,7-8,10-11H2,(H,20,21,22). The van der Waals surface area contributed by atoms with Crippen molar-refractivity contribution in [2.24, 2.45) is 0 Å². The number of hydrogen-bond acceptors (Lipinski definition) is 4. The van der Waals surface area contributed by atoms with Gasteiger partial charge >= 0.3 is 0 Å². The van der Waals surface area contributed by atoms with Crippen molar-refractivity contribution in [3.8, 4) is 0 Å². The van der Waals surface area contributed by atoms with Crippen LogP contribution in [-0.4, -0.2) is 28.5 Å². The van der Waals surface area contributed by atoms with Crippen molar-refractivity contribution in [1.82, 2.24) is 9.97 Å². The van der Waals surface area contributed by atoms with E-state index in [4.69, 9.17) is 0 Å². The van der Waals surface area contributed by atoms with Gasteiger partial charge in [0.05, 0.1) is 0 Å². The van der Waals surface area contributed by atoms with E-state index in [1.165, 1.54) is 44.0 Å². The van der Waals surface area contributed by atoms with E-state index in [9.17, 15) is 4.79 Å². The maximum Gasteiger partial charge on any atom is 0.277 e. The first kappa shape index (κ1) is 15.1. The number of aromatic nitrogens is 2. The predicted octanol–water partition coefficient (Wildman–Crippen LogP) is 3.42. The molecular formula is C19H22N4O. The van der Waals surface area contributed by atoms with Crippen LogP contribution in [0.3, 0.4) is 0 Å². The molecule has 2 heterocycles. The first-order valence-electron chi connectivity index (χ1n) is 8.79. The first-order chi connectivity index (χ1) is 11.8. The van der Waals surface area contributed by atoms with Crippen molar-refractivity contribution in [1.29, 1.82) is 0 Å². The van der Waals surface area contributed by atoms with Crippen molar-refractivity contribution in [3.63, 3.8) is 0 Å². The van der Waals surface area contributed by atoms with Gasteiger partial charge in [0.1, 0.15) is 17.8 Å². The normalized spacial score (nSPS) is 17.6. The third kappa shape index (κ3) is 2.98. The monoisotopic (exact) mass is 322 g/mol. The lowest BCUT2D eigenvalue weighted by atomic mass is 9.95. The maximum absolute atomic E-state index is 12.9. The summed E-state index contributed by atoms with van der Waals surface area (Å²) < 4.78 is 0. The second-order valence-electron chi connectivity index (χ2n) is 6.60. The van der Waals surface area contributed by atoms with Crippen LogP contribution in [0, 0.1) is 0 Å². The van der Waals surface area contributed by atoms with Gasteiger partial charge in [0.25, 0.3) is 5.91 Å². The summed E-state index contributed by atoms with van der Waals surface area (Å²) in [4.78, 5) is 23.2. The zero-order valence-corrected chi connectivity index (χ0v) is 13.7. The molecule has 5 nitrogen and oxygen atoms in total. The van der Waals surface area contributed by atoms with Gasteiger partial charge in [-0.1, -0.05) is 37.5 Å². The molecule has 0 unspecified atom stereocenters. The Morgan fingerprint density at radius 3 is 2.83 bits per heavy atom. The molecule has 0 saturated heterocycles. The van der Waals surface area contributed by atoms with Gasteiger partial charge in [-0.2, -0.15) is 0 Å². The number of benzene rings is 1. The number of fused-ring (bicyclic) bond motifs is 1. The van der Waals surface area contributed by atoms with E-state index in [0.717, 1.165) is 17.9 Å². The number of carbonyl (C=O) groups excluding carboxylic acids is 1. The number of hydrogen-bond donors (Lipinski definition) is 1. The molecule has 1 saturated carbocycles. The van der Waals surface area contributed by atoms with E-state index >= 15 is 0 Å². The highest BCUT2D eigenvalue weighted by Gasteiger charge is 2.26. The van der Waals surface area contributed by atoms with Gasteiger partial charge in [0, 0.05) is 24.3 Å². The van der Waals surface area contributed by atoms with Gasteiger partial charge < -0.3 is 10.2 Å². The van der Waals surface area contributed by atoms with Crippen LogP contribution in [0.1, 0.15) is 48.2 Å². The molecule has 1 aliphatic carbocycles. The molecule has 0 bridgehead atoms. The summed E-state index contributed by atoms with van der Waals surface area (Å²) in [7, 11) is 0. The second kappa shape index (κ2) is 6.59. The van der Waals surface area contributed by atoms with Crippen LogP contribution >= 0.6 is 0 Å². The number of para-hydroxylation sites is 1. The van der Waals surface area contributed by atoms with Gasteiger partial charge in [-0.3, -0.25) is 4.79 Å².